The molecule has 0 saturated carbocycles. The summed E-state index contributed by atoms with van der Waals surface area (Å²) in [5.41, 5.74) is 1.05. The minimum absolute atomic E-state index is 0.0100. The Kier molecular flexibility index (Phi) is 5.71. The van der Waals surface area contributed by atoms with Gasteiger partial charge in [-0.05, 0) is 30.9 Å². The van der Waals surface area contributed by atoms with E-state index in [1.807, 2.05) is 6.07 Å². The summed E-state index contributed by atoms with van der Waals surface area (Å²) in [4.78, 5) is 44.9. The van der Waals surface area contributed by atoms with Crippen LogP contribution < -0.4 is 4.90 Å². The topological polar surface area (TPSA) is 96.8 Å². The van der Waals surface area contributed by atoms with Crippen LogP contribution in [0.2, 0.25) is 0 Å². The number of aryl methyl sites for hydroxylation is 1. The van der Waals surface area contributed by atoms with E-state index in [2.05, 4.69) is 4.98 Å². The molecule has 1 N–H and O–H groups in total. The molecule has 1 aliphatic rings. The standard InChI is InChI=1S/C22H18N2O5S2/c1-3-29-21(28)19-12(2)23-22(31-19)24-16(13-8-5-4-6-9-13)15(18(26)20(24)27)17(25)14-10-7-11-30-14/h4-11,16,26H,3H2,1-2H3. The maximum absolute atomic E-state index is 13.2. The number of aliphatic hydroxyl groups is 1. The van der Waals surface area contributed by atoms with Crippen LogP contribution in [0.4, 0.5) is 5.13 Å². The van der Waals surface area contributed by atoms with Crippen LogP contribution in [0.5, 0.6) is 0 Å². The normalized spacial score (nSPS) is 16.1. The van der Waals surface area contributed by atoms with Gasteiger partial charge in [-0.25, -0.2) is 9.78 Å². The predicted molar refractivity (Wildman–Crippen MR) is 118 cm³/mol. The van der Waals surface area contributed by atoms with E-state index in [-0.39, 0.29) is 22.2 Å². The summed E-state index contributed by atoms with van der Waals surface area (Å²) < 4.78 is 5.07. The van der Waals surface area contributed by atoms with E-state index in [0.717, 1.165) is 11.3 Å². The number of anilines is 1. The summed E-state index contributed by atoms with van der Waals surface area (Å²) >= 11 is 2.23. The van der Waals surface area contributed by atoms with Gasteiger partial charge in [0.15, 0.2) is 10.9 Å². The van der Waals surface area contributed by atoms with Crippen LogP contribution in [0.15, 0.2) is 59.2 Å². The van der Waals surface area contributed by atoms with Crippen LogP contribution in [0, 0.1) is 6.92 Å². The van der Waals surface area contributed by atoms with Crippen molar-refractivity contribution < 1.29 is 24.2 Å². The first-order chi connectivity index (χ1) is 14.9. The van der Waals surface area contributed by atoms with E-state index in [0.29, 0.717) is 16.1 Å². The molecule has 158 valence electrons. The Balaban J connectivity index is 1.83. The number of nitrogens with zero attached hydrogens (tertiary/aromatic N) is 2. The predicted octanol–water partition coefficient (Wildman–Crippen LogP) is 4.47. The van der Waals surface area contributed by atoms with E-state index in [1.165, 1.54) is 16.2 Å². The summed E-state index contributed by atoms with van der Waals surface area (Å²) in [5.74, 6) is -2.30. The van der Waals surface area contributed by atoms with Crippen molar-refractivity contribution in [3.05, 3.63) is 80.2 Å². The third kappa shape index (κ3) is 3.66. The largest absolute Gasteiger partial charge is 0.503 e. The summed E-state index contributed by atoms with van der Waals surface area (Å²) in [7, 11) is 0. The molecular formula is C22H18N2O5S2. The lowest BCUT2D eigenvalue weighted by Crippen LogP contribution is -2.30. The fourth-order valence-electron chi connectivity index (χ4n) is 3.40. The first kappa shape index (κ1) is 21.0. The van der Waals surface area contributed by atoms with Crippen LogP contribution in [0.3, 0.4) is 0 Å². The number of Topliss-reactive ketones (excluding diaryl/α,β-unsaturated/α-hetero) is 1. The van der Waals surface area contributed by atoms with Gasteiger partial charge in [0.05, 0.1) is 28.8 Å². The molecule has 3 heterocycles. The number of hydrogen-bond acceptors (Lipinski definition) is 8. The first-order valence-electron chi connectivity index (χ1n) is 9.48. The Bertz CT molecular complexity index is 1180. The molecule has 0 bridgehead atoms. The maximum atomic E-state index is 13.2. The highest BCUT2D eigenvalue weighted by atomic mass is 32.1. The molecule has 1 aromatic carbocycles. The second kappa shape index (κ2) is 8.44. The zero-order chi connectivity index (χ0) is 22.1. The minimum Gasteiger partial charge on any atom is -0.503 e. The number of thiazole rings is 1. The molecule has 0 spiro atoms. The Morgan fingerprint density at radius 3 is 2.58 bits per heavy atom. The Hall–Kier alpha value is -3.30. The van der Waals surface area contributed by atoms with Gasteiger partial charge in [0.25, 0.3) is 5.91 Å². The van der Waals surface area contributed by atoms with Crippen LogP contribution in [0.25, 0.3) is 0 Å². The van der Waals surface area contributed by atoms with Crippen molar-refractivity contribution in [2.24, 2.45) is 0 Å². The van der Waals surface area contributed by atoms with Gasteiger partial charge in [-0.15, -0.1) is 11.3 Å². The van der Waals surface area contributed by atoms with E-state index in [9.17, 15) is 19.5 Å². The second-order valence-electron chi connectivity index (χ2n) is 6.69. The number of esters is 1. The first-order valence-corrected chi connectivity index (χ1v) is 11.2. The van der Waals surface area contributed by atoms with Crippen LogP contribution in [-0.2, 0) is 9.53 Å². The van der Waals surface area contributed by atoms with Gasteiger partial charge in [-0.2, -0.15) is 0 Å². The van der Waals surface area contributed by atoms with Crippen LogP contribution >= 0.6 is 22.7 Å². The number of rotatable bonds is 6. The van der Waals surface area contributed by atoms with Crippen molar-refractivity contribution in [2.45, 2.75) is 19.9 Å². The number of thiophene rings is 1. The van der Waals surface area contributed by atoms with Crippen LogP contribution in [0.1, 0.15) is 43.6 Å². The molecule has 0 radical (unpaired) electrons. The van der Waals surface area contributed by atoms with E-state index in [4.69, 9.17) is 4.74 Å². The maximum Gasteiger partial charge on any atom is 0.350 e. The zero-order valence-corrected chi connectivity index (χ0v) is 18.3. The Morgan fingerprint density at radius 2 is 1.94 bits per heavy atom. The third-order valence-corrected chi connectivity index (χ3v) is 6.77. The van der Waals surface area contributed by atoms with Crippen molar-refractivity contribution in [3.63, 3.8) is 0 Å². The molecule has 1 aliphatic heterocycles. The number of carbonyl (C=O) groups is 3. The smallest absolute Gasteiger partial charge is 0.350 e. The van der Waals surface area contributed by atoms with Gasteiger partial charge >= 0.3 is 5.97 Å². The monoisotopic (exact) mass is 454 g/mol. The number of ether oxygens (including phenoxy) is 1. The molecule has 3 aromatic rings. The fraction of sp³-hybridized carbons (Fsp3) is 0.182. The number of benzene rings is 1. The molecule has 1 atom stereocenters. The molecular weight excluding hydrogens is 436 g/mol. The lowest BCUT2D eigenvalue weighted by molar-refractivity contribution is -0.117. The van der Waals surface area contributed by atoms with Gasteiger partial charge in [0, 0.05) is 0 Å². The van der Waals surface area contributed by atoms with Crippen molar-refractivity contribution in [3.8, 4) is 0 Å². The van der Waals surface area contributed by atoms with Gasteiger partial charge < -0.3 is 9.84 Å². The van der Waals surface area contributed by atoms with E-state index >= 15 is 0 Å². The van der Waals surface area contributed by atoms with Crippen molar-refractivity contribution in [2.75, 3.05) is 11.5 Å². The quantitative estimate of drug-likeness (QED) is 0.436. The average Bonchev–Trinajstić information content (AvgIpc) is 3.48. The third-order valence-electron chi connectivity index (χ3n) is 4.77. The van der Waals surface area contributed by atoms with Gasteiger partial charge in [-0.3, -0.25) is 14.5 Å². The summed E-state index contributed by atoms with van der Waals surface area (Å²) in [6.45, 7) is 3.56. The molecule has 1 amide bonds. The van der Waals surface area contributed by atoms with Gasteiger partial charge in [0.2, 0.25) is 5.78 Å². The SMILES string of the molecule is CCOC(=O)c1sc(N2C(=O)C(O)=C(C(=O)c3cccs3)C2c2ccccc2)nc1C. The van der Waals surface area contributed by atoms with Gasteiger partial charge in [-0.1, -0.05) is 47.7 Å². The average molecular weight is 455 g/mol. The van der Waals surface area contributed by atoms with Crippen molar-refractivity contribution in [1.82, 2.24) is 4.98 Å². The molecule has 31 heavy (non-hydrogen) atoms. The van der Waals surface area contributed by atoms with E-state index in [1.54, 1.807) is 55.6 Å². The summed E-state index contributed by atoms with van der Waals surface area (Å²) in [6.07, 6.45) is 0. The number of carbonyl (C=O) groups excluding carboxylic acids is 3. The van der Waals surface area contributed by atoms with Crippen LogP contribution in [-0.4, -0.2) is 34.4 Å². The Labute approximate surface area is 186 Å². The molecule has 2 aromatic heterocycles. The molecule has 0 aliphatic carbocycles. The van der Waals surface area contributed by atoms with Gasteiger partial charge in [0.1, 0.15) is 4.88 Å². The number of aliphatic hydroxyl groups excluding tert-OH is 1. The van der Waals surface area contributed by atoms with E-state index < -0.39 is 29.5 Å². The molecule has 0 saturated heterocycles. The molecule has 4 rings (SSSR count). The molecule has 1 unspecified atom stereocenters. The number of amides is 1. The highest BCUT2D eigenvalue weighted by Gasteiger charge is 2.46. The fourth-order valence-corrected chi connectivity index (χ4v) is 5.06. The Morgan fingerprint density at radius 1 is 1.19 bits per heavy atom. The lowest BCUT2D eigenvalue weighted by Gasteiger charge is -2.24. The number of hydrogen-bond donors (Lipinski definition) is 1. The summed E-state index contributed by atoms with van der Waals surface area (Å²) in [5, 5.41) is 12.7. The van der Waals surface area contributed by atoms with Crippen molar-refractivity contribution >= 4 is 45.5 Å². The van der Waals surface area contributed by atoms with Crippen molar-refractivity contribution in [1.29, 1.82) is 0 Å². The second-order valence-corrected chi connectivity index (χ2v) is 8.61. The highest BCUT2D eigenvalue weighted by molar-refractivity contribution is 7.17. The molecule has 0 fully saturated rings. The highest BCUT2D eigenvalue weighted by Crippen LogP contribution is 2.44. The minimum atomic E-state index is -0.871. The summed E-state index contributed by atoms with van der Waals surface area (Å²) in [6, 6.07) is 11.5. The molecule has 9 heteroatoms. The molecule has 7 nitrogen and oxygen atoms in total. The number of aromatic nitrogens is 1. The lowest BCUT2D eigenvalue weighted by atomic mass is 9.96. The zero-order valence-electron chi connectivity index (χ0n) is 16.7. The number of ketones is 1.